The molecule has 0 bridgehead atoms. The number of sulfonamides is 1. The molecular weight excluding hydrogens is 286 g/mol. The number of aryl methyl sites for hydroxylation is 2. The van der Waals surface area contributed by atoms with Crippen LogP contribution in [0.5, 0.6) is 0 Å². The molecule has 0 amide bonds. The first-order chi connectivity index (χ1) is 8.58. The standard InChI is InChI=1S/C12H22ClN3O2S/c1-9-14-11(8-16(9)5)19(17,18)15-10(6-7-13)12(2,3)4/h8,10,15H,6-7H2,1-5H3. The Morgan fingerprint density at radius 3 is 2.42 bits per heavy atom. The molecule has 1 atom stereocenters. The van der Waals surface area contributed by atoms with Gasteiger partial charge in [-0.2, -0.15) is 0 Å². The number of halogens is 1. The van der Waals surface area contributed by atoms with Gasteiger partial charge in [0.15, 0.2) is 5.03 Å². The Kier molecular flexibility index (Phi) is 5.03. The number of alkyl halides is 1. The zero-order valence-electron chi connectivity index (χ0n) is 12.1. The molecular formula is C12H22ClN3O2S. The molecule has 0 spiro atoms. The molecule has 1 aromatic rings. The minimum atomic E-state index is -3.61. The van der Waals surface area contributed by atoms with E-state index in [0.29, 0.717) is 18.1 Å². The lowest BCUT2D eigenvalue weighted by Crippen LogP contribution is -2.44. The fourth-order valence-corrected chi connectivity index (χ4v) is 3.42. The third-order valence-electron chi connectivity index (χ3n) is 3.10. The van der Waals surface area contributed by atoms with E-state index in [9.17, 15) is 8.42 Å². The Balaban J connectivity index is 3.00. The second kappa shape index (κ2) is 5.81. The van der Waals surface area contributed by atoms with Crippen molar-refractivity contribution in [3.05, 3.63) is 12.0 Å². The molecule has 19 heavy (non-hydrogen) atoms. The van der Waals surface area contributed by atoms with Gasteiger partial charge in [-0.05, 0) is 18.8 Å². The highest BCUT2D eigenvalue weighted by atomic mass is 35.5. The molecule has 1 heterocycles. The number of imidazole rings is 1. The van der Waals surface area contributed by atoms with E-state index in [4.69, 9.17) is 11.6 Å². The first-order valence-electron chi connectivity index (χ1n) is 6.16. The summed E-state index contributed by atoms with van der Waals surface area (Å²) in [5.41, 5.74) is -0.203. The smallest absolute Gasteiger partial charge is 0.259 e. The van der Waals surface area contributed by atoms with Crippen LogP contribution in [0.15, 0.2) is 11.2 Å². The number of nitrogens with one attached hydrogen (secondary N) is 1. The highest BCUT2D eigenvalue weighted by molar-refractivity contribution is 7.89. The van der Waals surface area contributed by atoms with E-state index in [1.165, 1.54) is 6.20 Å². The number of hydrogen-bond acceptors (Lipinski definition) is 3. The van der Waals surface area contributed by atoms with Gasteiger partial charge in [-0.15, -0.1) is 11.6 Å². The van der Waals surface area contributed by atoms with Crippen molar-refractivity contribution in [2.45, 2.75) is 45.2 Å². The normalized spacial score (nSPS) is 14.6. The fourth-order valence-electron chi connectivity index (χ4n) is 1.68. The summed E-state index contributed by atoms with van der Waals surface area (Å²) >= 11 is 5.75. The molecule has 1 N–H and O–H groups in total. The molecule has 1 unspecified atom stereocenters. The topological polar surface area (TPSA) is 64.0 Å². The Labute approximate surface area is 120 Å². The van der Waals surface area contributed by atoms with E-state index in [-0.39, 0.29) is 16.5 Å². The van der Waals surface area contributed by atoms with Crippen LogP contribution in [-0.4, -0.2) is 29.9 Å². The van der Waals surface area contributed by atoms with Gasteiger partial charge in [0.1, 0.15) is 5.82 Å². The summed E-state index contributed by atoms with van der Waals surface area (Å²) in [6.07, 6.45) is 2.09. The predicted molar refractivity (Wildman–Crippen MR) is 76.8 cm³/mol. The van der Waals surface area contributed by atoms with E-state index >= 15 is 0 Å². The van der Waals surface area contributed by atoms with Crippen molar-refractivity contribution in [3.8, 4) is 0 Å². The average molecular weight is 308 g/mol. The van der Waals surface area contributed by atoms with Crippen molar-refractivity contribution in [1.29, 1.82) is 0 Å². The van der Waals surface area contributed by atoms with Crippen LogP contribution < -0.4 is 4.72 Å². The molecule has 1 rings (SSSR count). The summed E-state index contributed by atoms with van der Waals surface area (Å²) in [5, 5.41) is 0.0522. The van der Waals surface area contributed by atoms with Crippen molar-refractivity contribution in [3.63, 3.8) is 0 Å². The average Bonchev–Trinajstić information content (AvgIpc) is 2.58. The summed E-state index contributed by atoms with van der Waals surface area (Å²) in [5.74, 6) is 1.07. The van der Waals surface area contributed by atoms with E-state index in [1.807, 2.05) is 20.8 Å². The molecule has 0 aromatic carbocycles. The van der Waals surface area contributed by atoms with Gasteiger partial charge >= 0.3 is 0 Å². The molecule has 7 heteroatoms. The van der Waals surface area contributed by atoms with E-state index in [0.717, 1.165) is 0 Å². The lowest BCUT2D eigenvalue weighted by molar-refractivity contribution is 0.292. The zero-order valence-corrected chi connectivity index (χ0v) is 13.6. The Morgan fingerprint density at radius 2 is 2.05 bits per heavy atom. The van der Waals surface area contributed by atoms with Gasteiger partial charge in [-0.25, -0.2) is 18.1 Å². The zero-order chi connectivity index (χ0) is 14.8. The predicted octanol–water partition coefficient (Wildman–Crippen LogP) is 2.05. The number of rotatable bonds is 5. The van der Waals surface area contributed by atoms with Crippen LogP contribution in [0.3, 0.4) is 0 Å². The van der Waals surface area contributed by atoms with Gasteiger partial charge in [0, 0.05) is 25.2 Å². The monoisotopic (exact) mass is 307 g/mol. The molecule has 0 aliphatic rings. The van der Waals surface area contributed by atoms with Crippen molar-refractivity contribution in [2.75, 3.05) is 5.88 Å². The van der Waals surface area contributed by atoms with Crippen molar-refractivity contribution < 1.29 is 8.42 Å². The summed E-state index contributed by atoms with van der Waals surface area (Å²) in [4.78, 5) is 4.06. The molecule has 0 saturated heterocycles. The van der Waals surface area contributed by atoms with Gasteiger partial charge < -0.3 is 4.57 Å². The second-order valence-corrected chi connectivity index (χ2v) is 7.79. The lowest BCUT2D eigenvalue weighted by atomic mass is 9.86. The molecule has 5 nitrogen and oxygen atoms in total. The summed E-state index contributed by atoms with van der Waals surface area (Å²) in [6, 6.07) is -0.225. The summed E-state index contributed by atoms with van der Waals surface area (Å²) in [6.45, 7) is 7.71. The van der Waals surface area contributed by atoms with Crippen LogP contribution in [0.2, 0.25) is 0 Å². The first kappa shape index (κ1) is 16.5. The minimum Gasteiger partial charge on any atom is -0.337 e. The van der Waals surface area contributed by atoms with Crippen molar-refractivity contribution in [2.24, 2.45) is 12.5 Å². The van der Waals surface area contributed by atoms with Crippen LogP contribution in [-0.2, 0) is 17.1 Å². The van der Waals surface area contributed by atoms with Crippen LogP contribution >= 0.6 is 11.6 Å². The number of hydrogen-bond donors (Lipinski definition) is 1. The Morgan fingerprint density at radius 1 is 1.47 bits per heavy atom. The number of aromatic nitrogens is 2. The van der Waals surface area contributed by atoms with Crippen LogP contribution in [0, 0.1) is 12.3 Å². The molecule has 110 valence electrons. The third kappa shape index (κ3) is 4.19. The number of nitrogens with zero attached hydrogens (tertiary/aromatic N) is 2. The van der Waals surface area contributed by atoms with Crippen molar-refractivity contribution in [1.82, 2.24) is 14.3 Å². The maximum absolute atomic E-state index is 12.3. The van der Waals surface area contributed by atoms with Gasteiger partial charge in [-0.3, -0.25) is 0 Å². The Bertz CT molecular complexity index is 512. The second-order valence-electron chi connectivity index (χ2n) is 5.75. The maximum Gasteiger partial charge on any atom is 0.259 e. The first-order valence-corrected chi connectivity index (χ1v) is 8.18. The highest BCUT2D eigenvalue weighted by Crippen LogP contribution is 2.24. The van der Waals surface area contributed by atoms with Gasteiger partial charge in [0.2, 0.25) is 0 Å². The highest BCUT2D eigenvalue weighted by Gasteiger charge is 2.30. The van der Waals surface area contributed by atoms with Crippen LogP contribution in [0.4, 0.5) is 0 Å². The van der Waals surface area contributed by atoms with Gasteiger partial charge in [0.05, 0.1) is 0 Å². The SMILES string of the molecule is Cc1nc(S(=O)(=O)NC(CCCl)C(C)(C)C)cn1C. The van der Waals surface area contributed by atoms with E-state index < -0.39 is 10.0 Å². The third-order valence-corrected chi connectivity index (χ3v) is 4.66. The molecule has 0 saturated carbocycles. The molecule has 1 aromatic heterocycles. The van der Waals surface area contributed by atoms with E-state index in [1.54, 1.807) is 18.5 Å². The molecule has 0 radical (unpaired) electrons. The van der Waals surface area contributed by atoms with Crippen LogP contribution in [0.25, 0.3) is 0 Å². The minimum absolute atomic E-state index is 0.0522. The Hall–Kier alpha value is -0.590. The van der Waals surface area contributed by atoms with Crippen LogP contribution in [0.1, 0.15) is 33.0 Å². The largest absolute Gasteiger partial charge is 0.337 e. The summed E-state index contributed by atoms with van der Waals surface area (Å²) < 4.78 is 29.0. The van der Waals surface area contributed by atoms with Gasteiger partial charge in [-0.1, -0.05) is 20.8 Å². The lowest BCUT2D eigenvalue weighted by Gasteiger charge is -2.30. The molecule has 0 aliphatic carbocycles. The molecule has 0 fully saturated rings. The maximum atomic E-state index is 12.3. The van der Waals surface area contributed by atoms with Crippen molar-refractivity contribution >= 4 is 21.6 Å². The summed E-state index contributed by atoms with van der Waals surface area (Å²) in [7, 11) is -1.84. The van der Waals surface area contributed by atoms with E-state index in [2.05, 4.69) is 9.71 Å². The van der Waals surface area contributed by atoms with Gasteiger partial charge in [0.25, 0.3) is 10.0 Å². The fraction of sp³-hybridized carbons (Fsp3) is 0.750. The quantitative estimate of drug-likeness (QED) is 0.847. The molecule has 0 aliphatic heterocycles.